The smallest absolute Gasteiger partial charge is 0.239 e. The zero-order valence-corrected chi connectivity index (χ0v) is 14.9. The fraction of sp³-hybridized carbons (Fsp3) is 0.300. The number of nitrogens with zero attached hydrogens (tertiary/aromatic N) is 1. The first-order valence-corrected chi connectivity index (χ1v) is 8.49. The molecule has 0 aliphatic carbocycles. The van der Waals surface area contributed by atoms with E-state index in [-0.39, 0.29) is 11.8 Å². The van der Waals surface area contributed by atoms with Crippen molar-refractivity contribution in [3.63, 3.8) is 0 Å². The maximum atomic E-state index is 12.6. The molecule has 1 atom stereocenters. The van der Waals surface area contributed by atoms with Crippen LogP contribution < -0.4 is 19.7 Å². The molecule has 0 unspecified atom stereocenters. The molecule has 1 N–H and O–H groups in total. The van der Waals surface area contributed by atoms with E-state index in [0.29, 0.717) is 31.0 Å². The molecule has 6 heteroatoms. The Morgan fingerprint density at radius 3 is 2.62 bits per heavy atom. The molecule has 1 fully saturated rings. The van der Waals surface area contributed by atoms with Crippen LogP contribution in [0.5, 0.6) is 11.5 Å². The molecule has 6 nitrogen and oxygen atoms in total. The van der Waals surface area contributed by atoms with Crippen molar-refractivity contribution in [2.75, 3.05) is 25.7 Å². The van der Waals surface area contributed by atoms with Crippen LogP contribution in [0.25, 0.3) is 0 Å². The maximum Gasteiger partial charge on any atom is 0.239 e. The van der Waals surface area contributed by atoms with E-state index in [1.807, 2.05) is 42.5 Å². The Bertz CT molecular complexity index is 792. The third kappa shape index (κ3) is 3.64. The number of methoxy groups -OCH3 is 2. The normalized spacial score (nSPS) is 16.5. The zero-order chi connectivity index (χ0) is 18.5. The molecule has 2 aromatic rings. The molecule has 0 bridgehead atoms. The van der Waals surface area contributed by atoms with Gasteiger partial charge in [0, 0.05) is 30.4 Å². The Balaban J connectivity index is 1.63. The number of ether oxygens (including phenoxy) is 2. The van der Waals surface area contributed by atoms with Gasteiger partial charge in [-0.05, 0) is 30.7 Å². The SMILES string of the molecule is COc1ccc(CNC(=O)[C@@H]2CCN(c3ccccc3)C2=O)c(OC)c1. The number of hydrogen-bond acceptors (Lipinski definition) is 4. The largest absolute Gasteiger partial charge is 0.497 e. The fourth-order valence-electron chi connectivity index (χ4n) is 3.09. The van der Waals surface area contributed by atoms with Crippen LogP contribution in [0.1, 0.15) is 12.0 Å². The van der Waals surface area contributed by atoms with Gasteiger partial charge < -0.3 is 19.7 Å². The number of rotatable bonds is 6. The number of hydrogen-bond donors (Lipinski definition) is 1. The lowest BCUT2D eigenvalue weighted by Crippen LogP contribution is -2.36. The van der Waals surface area contributed by atoms with Crippen LogP contribution in [0.15, 0.2) is 48.5 Å². The summed E-state index contributed by atoms with van der Waals surface area (Å²) in [5, 5.41) is 2.85. The molecule has 2 amide bonds. The van der Waals surface area contributed by atoms with Gasteiger partial charge in [-0.3, -0.25) is 9.59 Å². The van der Waals surface area contributed by atoms with Gasteiger partial charge in [0.25, 0.3) is 0 Å². The van der Waals surface area contributed by atoms with E-state index in [4.69, 9.17) is 9.47 Å². The van der Waals surface area contributed by atoms with Gasteiger partial charge in [-0.25, -0.2) is 0 Å². The number of carbonyl (C=O) groups is 2. The van der Waals surface area contributed by atoms with Crippen molar-refractivity contribution >= 4 is 17.5 Å². The number of para-hydroxylation sites is 1. The van der Waals surface area contributed by atoms with E-state index in [1.54, 1.807) is 25.2 Å². The van der Waals surface area contributed by atoms with Crippen LogP contribution in [0.2, 0.25) is 0 Å². The summed E-state index contributed by atoms with van der Waals surface area (Å²) in [7, 11) is 3.15. The van der Waals surface area contributed by atoms with E-state index < -0.39 is 5.92 Å². The zero-order valence-electron chi connectivity index (χ0n) is 14.9. The van der Waals surface area contributed by atoms with E-state index in [1.165, 1.54) is 0 Å². The average molecular weight is 354 g/mol. The van der Waals surface area contributed by atoms with Crippen LogP contribution in [0, 0.1) is 5.92 Å². The Kier molecular flexibility index (Phi) is 5.41. The molecule has 0 saturated carbocycles. The molecule has 2 aromatic carbocycles. The Morgan fingerprint density at radius 2 is 1.92 bits per heavy atom. The lowest BCUT2D eigenvalue weighted by atomic mass is 10.1. The van der Waals surface area contributed by atoms with Crippen molar-refractivity contribution in [1.82, 2.24) is 5.32 Å². The second-order valence-corrected chi connectivity index (χ2v) is 6.06. The first-order chi connectivity index (χ1) is 12.6. The monoisotopic (exact) mass is 354 g/mol. The topological polar surface area (TPSA) is 67.9 Å². The van der Waals surface area contributed by atoms with E-state index >= 15 is 0 Å². The third-order valence-corrected chi connectivity index (χ3v) is 4.54. The van der Waals surface area contributed by atoms with E-state index in [2.05, 4.69) is 5.32 Å². The summed E-state index contributed by atoms with van der Waals surface area (Å²) in [5.74, 6) is 0.246. The molecular formula is C20H22N2O4. The molecule has 26 heavy (non-hydrogen) atoms. The van der Waals surface area contributed by atoms with Gasteiger partial charge in [0.15, 0.2) is 0 Å². The van der Waals surface area contributed by atoms with Gasteiger partial charge in [0.05, 0.1) is 14.2 Å². The third-order valence-electron chi connectivity index (χ3n) is 4.54. The highest BCUT2D eigenvalue weighted by Crippen LogP contribution is 2.26. The summed E-state index contributed by atoms with van der Waals surface area (Å²) in [6.07, 6.45) is 0.513. The molecule has 0 aromatic heterocycles. The minimum Gasteiger partial charge on any atom is -0.497 e. The molecule has 1 aliphatic rings. The Hall–Kier alpha value is -3.02. The predicted octanol–water partition coefficient (Wildman–Crippen LogP) is 2.37. The van der Waals surface area contributed by atoms with Crippen LogP contribution in [0.4, 0.5) is 5.69 Å². The van der Waals surface area contributed by atoms with Crippen molar-refractivity contribution in [3.8, 4) is 11.5 Å². The average Bonchev–Trinajstić information content (AvgIpc) is 3.08. The maximum absolute atomic E-state index is 12.6. The van der Waals surface area contributed by atoms with Gasteiger partial charge in [0.2, 0.25) is 11.8 Å². The van der Waals surface area contributed by atoms with Crippen LogP contribution >= 0.6 is 0 Å². The summed E-state index contributed by atoms with van der Waals surface area (Å²) in [6.45, 7) is 0.841. The first-order valence-electron chi connectivity index (χ1n) is 8.49. The molecule has 3 rings (SSSR count). The Morgan fingerprint density at radius 1 is 1.15 bits per heavy atom. The van der Waals surface area contributed by atoms with E-state index in [0.717, 1.165) is 11.3 Å². The highest BCUT2D eigenvalue weighted by Gasteiger charge is 2.37. The number of nitrogens with one attached hydrogen (secondary N) is 1. The highest BCUT2D eigenvalue weighted by molar-refractivity contribution is 6.09. The second-order valence-electron chi connectivity index (χ2n) is 6.06. The predicted molar refractivity (Wildman–Crippen MR) is 98.3 cm³/mol. The van der Waals surface area contributed by atoms with Crippen molar-refractivity contribution in [2.45, 2.75) is 13.0 Å². The van der Waals surface area contributed by atoms with Crippen molar-refractivity contribution in [1.29, 1.82) is 0 Å². The number of benzene rings is 2. The molecule has 1 aliphatic heterocycles. The fourth-order valence-corrected chi connectivity index (χ4v) is 3.09. The minimum absolute atomic E-state index is 0.157. The van der Waals surface area contributed by atoms with Gasteiger partial charge in [-0.15, -0.1) is 0 Å². The van der Waals surface area contributed by atoms with Crippen molar-refractivity contribution in [2.24, 2.45) is 5.92 Å². The molecular weight excluding hydrogens is 332 g/mol. The van der Waals surface area contributed by atoms with Crippen LogP contribution in [-0.4, -0.2) is 32.6 Å². The summed E-state index contributed by atoms with van der Waals surface area (Å²) in [6, 6.07) is 14.8. The summed E-state index contributed by atoms with van der Waals surface area (Å²) in [5.41, 5.74) is 1.65. The number of amides is 2. The Labute approximate surface area is 152 Å². The van der Waals surface area contributed by atoms with Gasteiger partial charge in [-0.1, -0.05) is 18.2 Å². The summed E-state index contributed by atoms with van der Waals surface area (Å²) >= 11 is 0. The standard InChI is InChI=1S/C20H22N2O4/c1-25-16-9-8-14(18(12-16)26-2)13-21-19(23)17-10-11-22(20(17)24)15-6-4-3-5-7-15/h3-9,12,17H,10-11,13H2,1-2H3,(H,21,23)/t17-/m0/s1. The molecule has 1 heterocycles. The summed E-state index contributed by atoms with van der Waals surface area (Å²) < 4.78 is 10.5. The first kappa shape index (κ1) is 17.8. The van der Waals surface area contributed by atoms with Crippen molar-refractivity contribution < 1.29 is 19.1 Å². The van der Waals surface area contributed by atoms with E-state index in [9.17, 15) is 9.59 Å². The molecule has 136 valence electrons. The van der Waals surface area contributed by atoms with Gasteiger partial charge in [-0.2, -0.15) is 0 Å². The lowest BCUT2D eigenvalue weighted by molar-refractivity contribution is -0.132. The van der Waals surface area contributed by atoms with Crippen molar-refractivity contribution in [3.05, 3.63) is 54.1 Å². The molecule has 1 saturated heterocycles. The number of carbonyl (C=O) groups excluding carboxylic acids is 2. The molecule has 0 radical (unpaired) electrons. The highest BCUT2D eigenvalue weighted by atomic mass is 16.5. The lowest BCUT2D eigenvalue weighted by Gasteiger charge is -2.17. The van der Waals surface area contributed by atoms with Crippen LogP contribution in [0.3, 0.4) is 0 Å². The number of anilines is 1. The quantitative estimate of drug-likeness (QED) is 0.809. The van der Waals surface area contributed by atoms with Gasteiger partial charge in [0.1, 0.15) is 17.4 Å². The summed E-state index contributed by atoms with van der Waals surface area (Å²) in [4.78, 5) is 26.8. The molecule has 0 spiro atoms. The minimum atomic E-state index is -0.653. The van der Waals surface area contributed by atoms with Gasteiger partial charge >= 0.3 is 0 Å². The second kappa shape index (κ2) is 7.91. The van der Waals surface area contributed by atoms with Crippen LogP contribution in [-0.2, 0) is 16.1 Å².